The molecule has 1 aromatic rings. The summed E-state index contributed by atoms with van der Waals surface area (Å²) in [7, 11) is 0. The van der Waals surface area contributed by atoms with Crippen molar-refractivity contribution in [2.75, 3.05) is 5.32 Å². The number of amides is 1. The molecule has 20 heavy (non-hydrogen) atoms. The topological polar surface area (TPSA) is 87.7 Å². The molecule has 1 unspecified atom stereocenters. The molecular weight excluding hydrogens is 275 g/mol. The minimum absolute atomic E-state index is 0.257. The summed E-state index contributed by atoms with van der Waals surface area (Å²) in [6.45, 7) is 1.77. The largest absolute Gasteiger partial charge is 0.409 e. The summed E-state index contributed by atoms with van der Waals surface area (Å²) in [6, 6.07) is 0.848. The Kier molecular flexibility index (Phi) is 5.36. The number of carbonyl (C=O) groups excluding carboxylic acids is 1. The summed E-state index contributed by atoms with van der Waals surface area (Å²) in [5.74, 6) is -5.87. The number of hydrogen-bond acceptors (Lipinski definition) is 3. The Morgan fingerprint density at radius 2 is 1.95 bits per heavy atom. The van der Waals surface area contributed by atoms with Crippen molar-refractivity contribution in [3.8, 4) is 0 Å². The summed E-state index contributed by atoms with van der Waals surface area (Å²) < 4.78 is 39.2. The molecule has 0 spiro atoms. The maximum Gasteiger partial charge on any atom is 0.235 e. The molecule has 0 saturated heterocycles. The van der Waals surface area contributed by atoms with E-state index >= 15 is 0 Å². The third-order valence-corrected chi connectivity index (χ3v) is 2.63. The Balaban J connectivity index is 2.96. The predicted octanol–water partition coefficient (Wildman–Crippen LogP) is 2.21. The number of hydrogen-bond donors (Lipinski definition) is 3. The fraction of sp³-hybridized carbons (Fsp3) is 0.333. The molecule has 1 atom stereocenters. The van der Waals surface area contributed by atoms with Gasteiger partial charge in [-0.1, -0.05) is 18.5 Å². The number of oxime groups is 1. The number of benzene rings is 1. The number of halogens is 3. The van der Waals surface area contributed by atoms with Crippen LogP contribution in [0.4, 0.5) is 18.9 Å². The standard InChI is InChI=1S/C12H14F3N3O2/c1-2-3-6(11(16)18-20)12(19)17-10-5-8(14)7(13)4-9(10)15/h4-6,20H,2-3H2,1H3,(H2,16,18)(H,17,19). The lowest BCUT2D eigenvalue weighted by atomic mass is 10.0. The lowest BCUT2D eigenvalue weighted by molar-refractivity contribution is -0.118. The first-order valence-corrected chi connectivity index (χ1v) is 5.83. The van der Waals surface area contributed by atoms with E-state index in [-0.39, 0.29) is 12.3 Å². The Labute approximate surface area is 113 Å². The highest BCUT2D eigenvalue weighted by molar-refractivity contribution is 6.07. The molecule has 0 saturated carbocycles. The molecule has 0 heterocycles. The van der Waals surface area contributed by atoms with Gasteiger partial charge in [0.25, 0.3) is 0 Å². The Bertz CT molecular complexity index is 535. The predicted molar refractivity (Wildman–Crippen MR) is 66.8 cm³/mol. The Hall–Kier alpha value is -2.25. The summed E-state index contributed by atoms with van der Waals surface area (Å²) in [5, 5.41) is 13.4. The van der Waals surface area contributed by atoms with Gasteiger partial charge in [0.05, 0.1) is 11.6 Å². The highest BCUT2D eigenvalue weighted by atomic mass is 19.2. The molecule has 0 aromatic heterocycles. The van der Waals surface area contributed by atoms with Crippen LogP contribution in [0.5, 0.6) is 0 Å². The molecule has 1 rings (SSSR count). The van der Waals surface area contributed by atoms with Gasteiger partial charge in [-0.3, -0.25) is 4.79 Å². The van der Waals surface area contributed by atoms with Gasteiger partial charge in [-0.2, -0.15) is 0 Å². The van der Waals surface area contributed by atoms with Gasteiger partial charge in [-0.15, -0.1) is 0 Å². The highest BCUT2D eigenvalue weighted by Gasteiger charge is 2.23. The molecule has 110 valence electrons. The number of carbonyl (C=O) groups is 1. The van der Waals surface area contributed by atoms with Crippen LogP contribution in [0.15, 0.2) is 17.3 Å². The second-order valence-corrected chi connectivity index (χ2v) is 4.10. The molecule has 4 N–H and O–H groups in total. The van der Waals surface area contributed by atoms with Gasteiger partial charge in [0.15, 0.2) is 17.5 Å². The van der Waals surface area contributed by atoms with Gasteiger partial charge in [0, 0.05) is 12.1 Å². The Morgan fingerprint density at radius 3 is 2.50 bits per heavy atom. The maximum atomic E-state index is 13.4. The summed E-state index contributed by atoms with van der Waals surface area (Å²) in [6.07, 6.45) is 0.807. The lowest BCUT2D eigenvalue weighted by Gasteiger charge is -2.15. The number of amidine groups is 1. The van der Waals surface area contributed by atoms with E-state index in [9.17, 15) is 18.0 Å². The molecule has 1 aromatic carbocycles. The molecule has 0 aliphatic carbocycles. The van der Waals surface area contributed by atoms with Crippen LogP contribution >= 0.6 is 0 Å². The molecular formula is C12H14F3N3O2. The number of anilines is 1. The van der Waals surface area contributed by atoms with Gasteiger partial charge in [-0.25, -0.2) is 13.2 Å². The van der Waals surface area contributed by atoms with Crippen LogP contribution in [0.1, 0.15) is 19.8 Å². The van der Waals surface area contributed by atoms with E-state index in [0.29, 0.717) is 18.6 Å². The molecule has 8 heteroatoms. The molecule has 0 aliphatic heterocycles. The van der Waals surface area contributed by atoms with E-state index in [2.05, 4.69) is 10.5 Å². The van der Waals surface area contributed by atoms with Gasteiger partial charge in [-0.05, 0) is 6.42 Å². The second-order valence-electron chi connectivity index (χ2n) is 4.10. The zero-order valence-corrected chi connectivity index (χ0v) is 10.7. The van der Waals surface area contributed by atoms with Gasteiger partial charge < -0.3 is 16.3 Å². The Morgan fingerprint density at radius 1 is 1.35 bits per heavy atom. The second kappa shape index (κ2) is 6.78. The lowest BCUT2D eigenvalue weighted by Crippen LogP contribution is -2.34. The number of nitrogens with one attached hydrogen (secondary N) is 1. The summed E-state index contributed by atoms with van der Waals surface area (Å²) in [4.78, 5) is 11.9. The fourth-order valence-corrected chi connectivity index (χ4v) is 1.61. The SMILES string of the molecule is CCCC(C(=O)Nc1cc(F)c(F)cc1F)C(N)=NO. The van der Waals surface area contributed by atoms with Crippen molar-refractivity contribution in [1.29, 1.82) is 0 Å². The first-order valence-electron chi connectivity index (χ1n) is 5.83. The van der Waals surface area contributed by atoms with Crippen molar-refractivity contribution in [2.45, 2.75) is 19.8 Å². The van der Waals surface area contributed by atoms with Gasteiger partial charge in [0.2, 0.25) is 5.91 Å². The first kappa shape index (κ1) is 15.8. The normalized spacial score (nSPS) is 13.1. The zero-order valence-electron chi connectivity index (χ0n) is 10.7. The average molecular weight is 289 g/mol. The minimum atomic E-state index is -1.36. The van der Waals surface area contributed by atoms with E-state index < -0.39 is 35.0 Å². The molecule has 0 aliphatic rings. The van der Waals surface area contributed by atoms with Crippen molar-refractivity contribution >= 4 is 17.4 Å². The van der Waals surface area contributed by atoms with Crippen molar-refractivity contribution in [3.05, 3.63) is 29.6 Å². The van der Waals surface area contributed by atoms with Crippen LogP contribution in [0, 0.1) is 23.4 Å². The van der Waals surface area contributed by atoms with Crippen LogP contribution in [-0.4, -0.2) is 17.0 Å². The van der Waals surface area contributed by atoms with Crippen LogP contribution in [0.2, 0.25) is 0 Å². The third kappa shape index (κ3) is 3.62. The number of nitrogens with two attached hydrogens (primary N) is 1. The van der Waals surface area contributed by atoms with E-state index in [1.165, 1.54) is 0 Å². The summed E-state index contributed by atoms with van der Waals surface area (Å²) >= 11 is 0. The van der Waals surface area contributed by atoms with Gasteiger partial charge >= 0.3 is 0 Å². The number of rotatable bonds is 5. The van der Waals surface area contributed by atoms with E-state index in [1.807, 2.05) is 0 Å². The number of nitrogens with zero attached hydrogens (tertiary/aromatic N) is 1. The maximum absolute atomic E-state index is 13.4. The molecule has 1 amide bonds. The van der Waals surface area contributed by atoms with Crippen molar-refractivity contribution in [2.24, 2.45) is 16.8 Å². The first-order chi connectivity index (χ1) is 9.40. The van der Waals surface area contributed by atoms with Crippen molar-refractivity contribution < 1.29 is 23.2 Å². The quantitative estimate of drug-likeness (QED) is 0.255. The summed E-state index contributed by atoms with van der Waals surface area (Å²) in [5.41, 5.74) is 4.85. The van der Waals surface area contributed by atoms with Crippen molar-refractivity contribution in [1.82, 2.24) is 0 Å². The average Bonchev–Trinajstić information content (AvgIpc) is 2.41. The van der Waals surface area contributed by atoms with E-state index in [4.69, 9.17) is 10.9 Å². The fourth-order valence-electron chi connectivity index (χ4n) is 1.61. The molecule has 0 radical (unpaired) electrons. The van der Waals surface area contributed by atoms with Crippen LogP contribution < -0.4 is 11.1 Å². The third-order valence-electron chi connectivity index (χ3n) is 2.63. The highest BCUT2D eigenvalue weighted by Crippen LogP contribution is 2.20. The van der Waals surface area contributed by atoms with E-state index in [0.717, 1.165) is 0 Å². The van der Waals surface area contributed by atoms with Crippen molar-refractivity contribution in [3.63, 3.8) is 0 Å². The smallest absolute Gasteiger partial charge is 0.235 e. The van der Waals surface area contributed by atoms with Crippen LogP contribution in [-0.2, 0) is 4.79 Å². The molecule has 0 bridgehead atoms. The van der Waals surface area contributed by atoms with Crippen LogP contribution in [0.3, 0.4) is 0 Å². The van der Waals surface area contributed by atoms with E-state index in [1.54, 1.807) is 6.92 Å². The van der Waals surface area contributed by atoms with Crippen LogP contribution in [0.25, 0.3) is 0 Å². The minimum Gasteiger partial charge on any atom is -0.409 e. The monoisotopic (exact) mass is 289 g/mol. The van der Waals surface area contributed by atoms with Gasteiger partial charge in [0.1, 0.15) is 5.82 Å². The molecule has 5 nitrogen and oxygen atoms in total. The molecule has 0 fully saturated rings. The zero-order chi connectivity index (χ0) is 15.3.